The van der Waals surface area contributed by atoms with Crippen molar-refractivity contribution in [3.05, 3.63) is 0 Å². The molecule has 0 saturated carbocycles. The van der Waals surface area contributed by atoms with Gasteiger partial charge in [-0.2, -0.15) is 0 Å². The van der Waals surface area contributed by atoms with Crippen LogP contribution in [0, 0.1) is 0 Å². The first-order valence-electron chi connectivity index (χ1n) is 13.3. The molecule has 250 valence electrons. The van der Waals surface area contributed by atoms with Crippen LogP contribution in [0.5, 0.6) is 0 Å². The van der Waals surface area contributed by atoms with E-state index in [2.05, 4.69) is 5.32 Å². The van der Waals surface area contributed by atoms with Gasteiger partial charge < -0.3 is 90.9 Å². The molecule has 16 atom stereocenters. The maximum absolute atomic E-state index is 12.4. The first-order chi connectivity index (χ1) is 20.1. The molecule has 0 spiro atoms. The van der Waals surface area contributed by atoms with Crippen LogP contribution in [-0.2, 0) is 33.3 Å². The van der Waals surface area contributed by atoms with E-state index < -0.39 is 136 Å². The highest BCUT2D eigenvalue weighted by Gasteiger charge is 2.57. The second-order valence-corrected chi connectivity index (χ2v) is 10.6. The molecule has 3 fully saturated rings. The van der Waals surface area contributed by atoms with Crippen LogP contribution in [0.15, 0.2) is 0 Å². The Labute approximate surface area is 243 Å². The molecule has 3 aliphatic heterocycles. The number of hydrogen-bond donors (Lipinski definition) is 13. The predicted octanol–water partition coefficient (Wildman–Crippen LogP) is -8.26. The van der Waals surface area contributed by atoms with Crippen LogP contribution < -0.4 is 11.1 Å². The molecule has 0 aromatic rings. The number of carboxylic acid groups (broad SMARTS) is 1. The number of aliphatic carboxylic acids is 1. The molecule has 20 nitrogen and oxygen atoms in total. The number of carboxylic acids is 1. The summed E-state index contributed by atoms with van der Waals surface area (Å²) in [7, 11) is 0. The van der Waals surface area contributed by atoms with Crippen LogP contribution in [0.25, 0.3) is 0 Å². The Balaban J connectivity index is 1.82. The zero-order valence-electron chi connectivity index (χ0n) is 22.8. The van der Waals surface area contributed by atoms with Gasteiger partial charge in [0.05, 0.1) is 38.0 Å². The molecule has 20 heteroatoms. The summed E-state index contributed by atoms with van der Waals surface area (Å²) in [5, 5.41) is 114. The first-order valence-corrected chi connectivity index (χ1v) is 13.3. The molecule has 14 N–H and O–H groups in total. The highest BCUT2D eigenvalue weighted by atomic mass is 16.8. The predicted molar refractivity (Wildman–Crippen MR) is 132 cm³/mol. The van der Waals surface area contributed by atoms with Crippen molar-refractivity contribution >= 4 is 11.9 Å². The van der Waals surface area contributed by atoms with Gasteiger partial charge in [-0.15, -0.1) is 0 Å². The lowest BCUT2D eigenvalue weighted by molar-refractivity contribution is -0.357. The number of aliphatic hydroxyl groups excluding tert-OH is 10. The molecule has 3 aliphatic rings. The Kier molecular flexibility index (Phi) is 12.1. The van der Waals surface area contributed by atoms with Gasteiger partial charge in [-0.1, -0.05) is 0 Å². The van der Waals surface area contributed by atoms with Crippen LogP contribution in [0.3, 0.4) is 0 Å². The van der Waals surface area contributed by atoms with Gasteiger partial charge in [0.25, 0.3) is 5.79 Å². The van der Waals surface area contributed by atoms with Crippen molar-refractivity contribution in [2.45, 2.75) is 111 Å². The van der Waals surface area contributed by atoms with E-state index >= 15 is 0 Å². The fourth-order valence-electron chi connectivity index (χ4n) is 5.09. The lowest BCUT2D eigenvalue weighted by Gasteiger charge is -2.48. The summed E-state index contributed by atoms with van der Waals surface area (Å²) >= 11 is 0. The largest absolute Gasteiger partial charge is 0.477 e. The number of nitrogens with two attached hydrogens (primary N) is 1. The number of carbonyl (C=O) groups excluding carboxylic acids is 1. The molecule has 3 rings (SSSR count). The molecule has 1 amide bonds. The quantitative estimate of drug-likeness (QED) is 0.100. The van der Waals surface area contributed by atoms with Crippen LogP contribution in [0.1, 0.15) is 13.3 Å². The molecular weight excluding hydrogens is 592 g/mol. The van der Waals surface area contributed by atoms with E-state index in [1.54, 1.807) is 0 Å². The molecule has 0 unspecified atom stereocenters. The van der Waals surface area contributed by atoms with Crippen molar-refractivity contribution in [3.8, 4) is 0 Å². The number of amides is 1. The summed E-state index contributed by atoms with van der Waals surface area (Å²) in [6.07, 6.45) is -24.1. The van der Waals surface area contributed by atoms with Crippen LogP contribution in [0.4, 0.5) is 0 Å². The lowest BCUT2D eigenvalue weighted by atomic mass is 9.88. The molecule has 0 bridgehead atoms. The maximum atomic E-state index is 12.4. The smallest absolute Gasteiger partial charge is 0.364 e. The Morgan fingerprint density at radius 1 is 1.00 bits per heavy atom. The van der Waals surface area contributed by atoms with Gasteiger partial charge in [0.15, 0.2) is 12.6 Å². The number of ether oxygens (including phenoxy) is 5. The van der Waals surface area contributed by atoms with Gasteiger partial charge in [0, 0.05) is 13.3 Å². The van der Waals surface area contributed by atoms with Gasteiger partial charge in [0.1, 0.15) is 61.0 Å². The minimum atomic E-state index is -2.81. The third kappa shape index (κ3) is 7.58. The first kappa shape index (κ1) is 35.8. The molecule has 0 aromatic heterocycles. The van der Waals surface area contributed by atoms with E-state index in [1.807, 2.05) is 0 Å². The zero-order chi connectivity index (χ0) is 32.4. The number of carbonyl (C=O) groups is 2. The average molecular weight is 633 g/mol. The van der Waals surface area contributed by atoms with Crippen molar-refractivity contribution in [2.75, 3.05) is 19.8 Å². The summed E-state index contributed by atoms with van der Waals surface area (Å²) < 4.78 is 27.0. The van der Waals surface area contributed by atoms with E-state index in [9.17, 15) is 65.8 Å². The Hall–Kier alpha value is -1.70. The third-order valence-corrected chi connectivity index (χ3v) is 7.55. The summed E-state index contributed by atoms with van der Waals surface area (Å²) in [5.41, 5.74) is 5.67. The second-order valence-electron chi connectivity index (χ2n) is 10.6. The third-order valence-electron chi connectivity index (χ3n) is 7.55. The molecule has 0 radical (unpaired) electrons. The van der Waals surface area contributed by atoms with Crippen molar-refractivity contribution in [1.29, 1.82) is 0 Å². The number of rotatable bonds is 11. The number of nitrogens with one attached hydrogen (secondary N) is 1. The highest BCUT2D eigenvalue weighted by molar-refractivity contribution is 5.76. The topological polar surface area (TPSA) is 341 Å². The van der Waals surface area contributed by atoms with Crippen LogP contribution in [-0.4, -0.2) is 185 Å². The Bertz CT molecular complexity index is 946. The van der Waals surface area contributed by atoms with E-state index in [-0.39, 0.29) is 0 Å². The van der Waals surface area contributed by atoms with Gasteiger partial charge in [0.2, 0.25) is 5.91 Å². The summed E-state index contributed by atoms with van der Waals surface area (Å²) in [4.78, 5) is 24.0. The SMILES string of the molecule is CC(=O)N[C@H]1[C@H]([C@H](O)[C@H](O)CO)O[C@](OC[C@H]2O[C@@H](O[C@H]3[C@H](O)[C@@H](N)[C@H](O)O[C@@H]3CO)[C@H](O)[C@@H](O)[C@H]2O)(C(=O)O)C[C@@H]1O. The minimum absolute atomic E-state index is 0.711. The Morgan fingerprint density at radius 3 is 2.21 bits per heavy atom. The molecule has 0 aromatic carbocycles. The fourth-order valence-corrected chi connectivity index (χ4v) is 5.09. The number of aliphatic hydroxyl groups is 10. The van der Waals surface area contributed by atoms with E-state index in [0.29, 0.717) is 0 Å². The van der Waals surface area contributed by atoms with Crippen molar-refractivity contribution in [2.24, 2.45) is 5.73 Å². The molecular formula is C23H40N2O18. The highest BCUT2D eigenvalue weighted by Crippen LogP contribution is 2.35. The van der Waals surface area contributed by atoms with Gasteiger partial charge >= 0.3 is 5.97 Å². The normalized spacial score (nSPS) is 45.3. The molecule has 0 aliphatic carbocycles. The summed E-state index contributed by atoms with van der Waals surface area (Å²) in [5.74, 6) is -5.38. The molecule has 43 heavy (non-hydrogen) atoms. The van der Waals surface area contributed by atoms with Crippen LogP contribution in [0.2, 0.25) is 0 Å². The van der Waals surface area contributed by atoms with Crippen molar-refractivity contribution in [1.82, 2.24) is 5.32 Å². The fraction of sp³-hybridized carbons (Fsp3) is 0.913. The zero-order valence-corrected chi connectivity index (χ0v) is 22.8. The van der Waals surface area contributed by atoms with Gasteiger partial charge in [-0.05, 0) is 0 Å². The monoisotopic (exact) mass is 632 g/mol. The molecule has 3 heterocycles. The Morgan fingerprint density at radius 2 is 1.65 bits per heavy atom. The van der Waals surface area contributed by atoms with E-state index in [0.717, 1.165) is 6.92 Å². The van der Waals surface area contributed by atoms with E-state index in [1.165, 1.54) is 0 Å². The average Bonchev–Trinajstić information content (AvgIpc) is 2.96. The lowest BCUT2D eigenvalue weighted by Crippen LogP contribution is -2.68. The number of hydrogen-bond acceptors (Lipinski definition) is 18. The van der Waals surface area contributed by atoms with Gasteiger partial charge in [-0.3, -0.25) is 4.79 Å². The van der Waals surface area contributed by atoms with Crippen molar-refractivity contribution in [3.63, 3.8) is 0 Å². The standard InChI is InChI=1S/C23H40N2O18/c1-6(28)25-12-7(29)2-23(22(37)38,43-19(12)13(31)8(30)3-26)39-5-10-14(32)16(34)17(35)21(41-10)42-18-9(4-27)40-20(36)11(24)15(18)33/h7-21,26-27,29-36H,2-5,24H2,1H3,(H,25,28)(H,37,38)/t7-,8+,9+,10+,11+,12+,13+,14-,15+,16-,17+,18+,19+,20+,21-,23-/m0/s1. The molecule has 3 saturated heterocycles. The summed E-state index contributed by atoms with van der Waals surface area (Å²) in [6, 6.07) is -2.88. The van der Waals surface area contributed by atoms with E-state index in [4.69, 9.17) is 29.4 Å². The second kappa shape index (κ2) is 14.6. The summed E-state index contributed by atoms with van der Waals surface area (Å²) in [6.45, 7) is -1.67. The maximum Gasteiger partial charge on any atom is 0.364 e. The van der Waals surface area contributed by atoms with Crippen LogP contribution >= 0.6 is 0 Å². The van der Waals surface area contributed by atoms with Gasteiger partial charge in [-0.25, -0.2) is 4.79 Å². The van der Waals surface area contributed by atoms with Crippen molar-refractivity contribution < 1.29 is 89.4 Å². The minimum Gasteiger partial charge on any atom is -0.477 e.